The number of benzene rings is 2. The van der Waals surface area contributed by atoms with Gasteiger partial charge in [-0.2, -0.15) is 0 Å². The molecule has 1 saturated heterocycles. The van der Waals surface area contributed by atoms with Gasteiger partial charge in [0.2, 0.25) is 11.8 Å². The summed E-state index contributed by atoms with van der Waals surface area (Å²) in [6.45, 7) is 5.69. The highest BCUT2D eigenvalue weighted by Crippen LogP contribution is 2.13. The average Bonchev–Trinajstić information content (AvgIpc) is 2.75. The average molecular weight is 395 g/mol. The number of carbonyl (C=O) groups is 2. The van der Waals surface area contributed by atoms with Crippen molar-refractivity contribution in [1.29, 1.82) is 0 Å². The number of rotatable bonds is 7. The first-order valence-corrected chi connectivity index (χ1v) is 10.2. The third kappa shape index (κ3) is 6.06. The zero-order valence-electron chi connectivity index (χ0n) is 17.0. The van der Waals surface area contributed by atoms with Gasteiger partial charge in [0.05, 0.1) is 0 Å². The maximum absolute atomic E-state index is 13.2. The van der Waals surface area contributed by atoms with E-state index in [1.807, 2.05) is 47.4 Å². The lowest BCUT2D eigenvalue weighted by Gasteiger charge is -2.36. The second-order valence-corrected chi connectivity index (χ2v) is 7.51. The number of carbonyl (C=O) groups excluding carboxylic acids is 2. The van der Waals surface area contributed by atoms with Gasteiger partial charge in [0.25, 0.3) is 0 Å². The van der Waals surface area contributed by atoms with Gasteiger partial charge in [-0.05, 0) is 23.3 Å². The Balaban J connectivity index is 1.60. The van der Waals surface area contributed by atoms with E-state index in [0.717, 1.165) is 25.2 Å². The third-order valence-corrected chi connectivity index (χ3v) is 5.31. The maximum atomic E-state index is 13.2. The number of amides is 2. The molecule has 1 aliphatic heterocycles. The van der Waals surface area contributed by atoms with E-state index in [-0.39, 0.29) is 11.8 Å². The number of nitrogens with two attached hydrogens (primary N) is 1. The van der Waals surface area contributed by atoms with Crippen LogP contribution in [0.25, 0.3) is 0 Å². The quantitative estimate of drug-likeness (QED) is 0.705. The molecule has 1 fully saturated rings. The number of hydrogen-bond acceptors (Lipinski definition) is 4. The lowest BCUT2D eigenvalue weighted by molar-refractivity contribution is -0.138. The number of anilines is 1. The van der Waals surface area contributed by atoms with Crippen LogP contribution in [0.15, 0.2) is 54.6 Å². The van der Waals surface area contributed by atoms with E-state index in [0.29, 0.717) is 31.6 Å². The summed E-state index contributed by atoms with van der Waals surface area (Å²) in [7, 11) is 0. The van der Waals surface area contributed by atoms with Crippen molar-refractivity contribution in [2.75, 3.05) is 31.9 Å². The Bertz CT molecular complexity index is 799. The minimum Gasteiger partial charge on any atom is -0.399 e. The van der Waals surface area contributed by atoms with Crippen LogP contribution >= 0.6 is 0 Å². The molecule has 0 aromatic heterocycles. The smallest absolute Gasteiger partial charge is 0.245 e. The number of nitrogen functional groups attached to an aromatic ring is 1. The van der Waals surface area contributed by atoms with Crippen LogP contribution < -0.4 is 11.1 Å². The van der Waals surface area contributed by atoms with Gasteiger partial charge in [-0.1, -0.05) is 49.4 Å². The lowest BCUT2D eigenvalue weighted by atomic mass is 10.0. The summed E-state index contributed by atoms with van der Waals surface area (Å²) in [5.74, 6) is -0.121. The van der Waals surface area contributed by atoms with Gasteiger partial charge in [-0.25, -0.2) is 0 Å². The fourth-order valence-corrected chi connectivity index (χ4v) is 3.57. The van der Waals surface area contributed by atoms with Gasteiger partial charge < -0.3 is 16.0 Å². The largest absolute Gasteiger partial charge is 0.399 e. The maximum Gasteiger partial charge on any atom is 0.245 e. The van der Waals surface area contributed by atoms with Crippen molar-refractivity contribution < 1.29 is 9.59 Å². The molecule has 3 N–H and O–H groups in total. The topological polar surface area (TPSA) is 78.7 Å². The van der Waals surface area contributed by atoms with Crippen molar-refractivity contribution in [2.45, 2.75) is 32.4 Å². The standard InChI is InChI=1S/C23H30N4O2/c1-2-22(28)25-21(16-18-8-10-20(24)11-9-18)23(29)27-14-12-26(13-15-27)17-19-6-4-3-5-7-19/h3-11,21H,2,12-17,24H2,1H3,(H,25,28)/t21-/m1/s1. The molecule has 1 heterocycles. The summed E-state index contributed by atoms with van der Waals surface area (Å²) in [6.07, 6.45) is 0.825. The Kier molecular flexibility index (Phi) is 7.25. The molecule has 2 amide bonds. The van der Waals surface area contributed by atoms with E-state index in [1.54, 1.807) is 6.92 Å². The number of piperazine rings is 1. The van der Waals surface area contributed by atoms with E-state index in [1.165, 1.54) is 5.56 Å². The summed E-state index contributed by atoms with van der Waals surface area (Å²) in [4.78, 5) is 29.4. The van der Waals surface area contributed by atoms with Crippen LogP contribution in [0.2, 0.25) is 0 Å². The summed E-state index contributed by atoms with van der Waals surface area (Å²) in [5, 5.41) is 2.90. The number of nitrogens with one attached hydrogen (secondary N) is 1. The molecule has 0 saturated carbocycles. The first-order valence-electron chi connectivity index (χ1n) is 10.2. The van der Waals surface area contributed by atoms with E-state index >= 15 is 0 Å². The Morgan fingerprint density at radius 2 is 1.62 bits per heavy atom. The SMILES string of the molecule is CCC(=O)N[C@H](Cc1ccc(N)cc1)C(=O)N1CCN(Cc2ccccc2)CC1. The van der Waals surface area contributed by atoms with Gasteiger partial charge in [-0.3, -0.25) is 14.5 Å². The predicted octanol–water partition coefficient (Wildman–Crippen LogP) is 2.05. The molecule has 1 atom stereocenters. The Morgan fingerprint density at radius 1 is 0.966 bits per heavy atom. The fourth-order valence-electron chi connectivity index (χ4n) is 3.57. The molecule has 2 aromatic rings. The van der Waals surface area contributed by atoms with E-state index in [2.05, 4.69) is 22.3 Å². The molecule has 3 rings (SSSR count). The molecule has 0 radical (unpaired) electrons. The van der Waals surface area contributed by atoms with Crippen LogP contribution in [0, 0.1) is 0 Å². The summed E-state index contributed by atoms with van der Waals surface area (Å²) < 4.78 is 0. The first kappa shape index (κ1) is 20.9. The molecule has 0 unspecified atom stereocenters. The zero-order valence-corrected chi connectivity index (χ0v) is 17.0. The van der Waals surface area contributed by atoms with Crippen LogP contribution in [0.4, 0.5) is 5.69 Å². The molecule has 1 aliphatic rings. The monoisotopic (exact) mass is 394 g/mol. The highest BCUT2D eigenvalue weighted by molar-refractivity contribution is 5.88. The molecule has 2 aromatic carbocycles. The second-order valence-electron chi connectivity index (χ2n) is 7.51. The van der Waals surface area contributed by atoms with Crippen LogP contribution in [-0.2, 0) is 22.6 Å². The minimum atomic E-state index is -0.549. The van der Waals surface area contributed by atoms with Gasteiger partial charge in [0, 0.05) is 51.3 Å². The van der Waals surface area contributed by atoms with Crippen LogP contribution in [0.1, 0.15) is 24.5 Å². The first-order chi connectivity index (χ1) is 14.0. The lowest BCUT2D eigenvalue weighted by Crippen LogP contribution is -2.55. The van der Waals surface area contributed by atoms with Gasteiger partial charge >= 0.3 is 0 Å². The molecule has 6 nitrogen and oxygen atoms in total. The molecule has 0 spiro atoms. The van der Waals surface area contributed by atoms with Crippen LogP contribution in [0.5, 0.6) is 0 Å². The number of hydrogen-bond donors (Lipinski definition) is 2. The Morgan fingerprint density at radius 3 is 2.24 bits per heavy atom. The fraction of sp³-hybridized carbons (Fsp3) is 0.391. The Labute approximate surface area is 172 Å². The van der Waals surface area contributed by atoms with Crippen molar-refractivity contribution in [1.82, 2.24) is 15.1 Å². The Hall–Kier alpha value is -2.86. The molecule has 29 heavy (non-hydrogen) atoms. The normalized spacial score (nSPS) is 15.7. The molecule has 0 bridgehead atoms. The molecular formula is C23H30N4O2. The van der Waals surface area contributed by atoms with E-state index in [4.69, 9.17) is 5.73 Å². The van der Waals surface area contributed by atoms with Crippen molar-refractivity contribution in [3.63, 3.8) is 0 Å². The molecular weight excluding hydrogens is 364 g/mol. The molecule has 6 heteroatoms. The predicted molar refractivity (Wildman–Crippen MR) is 115 cm³/mol. The summed E-state index contributed by atoms with van der Waals surface area (Å²) >= 11 is 0. The molecule has 0 aliphatic carbocycles. The van der Waals surface area contributed by atoms with E-state index < -0.39 is 6.04 Å². The number of nitrogens with zero attached hydrogens (tertiary/aromatic N) is 2. The van der Waals surface area contributed by atoms with Crippen LogP contribution in [0.3, 0.4) is 0 Å². The highest BCUT2D eigenvalue weighted by atomic mass is 16.2. The van der Waals surface area contributed by atoms with Crippen molar-refractivity contribution >= 4 is 17.5 Å². The van der Waals surface area contributed by atoms with Gasteiger partial charge in [-0.15, -0.1) is 0 Å². The minimum absolute atomic E-state index is 0.0111. The van der Waals surface area contributed by atoms with Gasteiger partial charge in [0.1, 0.15) is 6.04 Å². The molecule has 154 valence electrons. The van der Waals surface area contributed by atoms with Crippen LogP contribution in [-0.4, -0.2) is 53.8 Å². The summed E-state index contributed by atoms with van der Waals surface area (Å²) in [6, 6.07) is 17.3. The van der Waals surface area contributed by atoms with Crippen molar-refractivity contribution in [2.24, 2.45) is 0 Å². The zero-order chi connectivity index (χ0) is 20.6. The van der Waals surface area contributed by atoms with Gasteiger partial charge in [0.15, 0.2) is 0 Å². The van der Waals surface area contributed by atoms with E-state index in [9.17, 15) is 9.59 Å². The van der Waals surface area contributed by atoms with Crippen molar-refractivity contribution in [3.8, 4) is 0 Å². The third-order valence-electron chi connectivity index (χ3n) is 5.31. The highest BCUT2D eigenvalue weighted by Gasteiger charge is 2.28. The second kappa shape index (κ2) is 10.1. The summed E-state index contributed by atoms with van der Waals surface area (Å²) in [5.41, 5.74) is 8.70. The van der Waals surface area contributed by atoms with Crippen molar-refractivity contribution in [3.05, 3.63) is 65.7 Å².